The summed E-state index contributed by atoms with van der Waals surface area (Å²) in [6, 6.07) is 10.7. The maximum absolute atomic E-state index is 10.2. The van der Waals surface area contributed by atoms with Crippen LogP contribution >= 0.6 is 0 Å². The lowest BCUT2D eigenvalue weighted by molar-refractivity contribution is -0.0264. The number of ether oxygens (including phenoxy) is 1. The highest BCUT2D eigenvalue weighted by atomic mass is 16.5. The summed E-state index contributed by atoms with van der Waals surface area (Å²) >= 11 is 0. The Morgan fingerprint density at radius 3 is 2.70 bits per heavy atom. The molecule has 1 fully saturated rings. The van der Waals surface area contributed by atoms with Crippen molar-refractivity contribution in [2.24, 2.45) is 0 Å². The van der Waals surface area contributed by atoms with Crippen LogP contribution in [-0.2, 0) is 11.3 Å². The quantitative estimate of drug-likeness (QED) is 0.636. The van der Waals surface area contributed by atoms with Gasteiger partial charge in [-0.2, -0.15) is 0 Å². The summed E-state index contributed by atoms with van der Waals surface area (Å²) < 4.78 is 5.82. The van der Waals surface area contributed by atoms with Crippen molar-refractivity contribution >= 4 is 6.09 Å². The van der Waals surface area contributed by atoms with E-state index in [1.165, 1.54) is 5.56 Å². The van der Waals surface area contributed by atoms with E-state index in [4.69, 9.17) is 9.84 Å². The topological polar surface area (TPSA) is 70.6 Å². The molecular weight excluding hydrogens is 256 g/mol. The van der Waals surface area contributed by atoms with Crippen molar-refractivity contribution in [3.05, 3.63) is 35.9 Å². The normalized spacial score (nSPS) is 21.2. The molecule has 0 aliphatic heterocycles. The Hall–Kier alpha value is -1.59. The number of amides is 1. The standard InChI is InChI=1S/C15H22N2O3/c18-15(19)17-8-4-7-16-13-9-14(10-13)20-11-12-5-2-1-3-6-12/h1-3,5-6,13-14,16-17H,4,7-11H2,(H,18,19). The average molecular weight is 278 g/mol. The highest BCUT2D eigenvalue weighted by Crippen LogP contribution is 2.24. The van der Waals surface area contributed by atoms with Crippen LogP contribution in [0.5, 0.6) is 0 Å². The molecule has 1 saturated carbocycles. The van der Waals surface area contributed by atoms with Gasteiger partial charge in [0.1, 0.15) is 0 Å². The molecule has 5 nitrogen and oxygen atoms in total. The number of rotatable bonds is 8. The van der Waals surface area contributed by atoms with Gasteiger partial charge in [-0.1, -0.05) is 30.3 Å². The second-order valence-electron chi connectivity index (χ2n) is 5.13. The minimum absolute atomic E-state index is 0.352. The molecule has 0 atom stereocenters. The molecule has 0 aromatic heterocycles. The highest BCUT2D eigenvalue weighted by Gasteiger charge is 2.29. The number of benzene rings is 1. The SMILES string of the molecule is O=C(O)NCCCNC1CC(OCc2ccccc2)C1. The molecule has 0 saturated heterocycles. The first-order chi connectivity index (χ1) is 9.74. The largest absolute Gasteiger partial charge is 0.465 e. The monoisotopic (exact) mass is 278 g/mol. The van der Waals surface area contributed by atoms with Crippen molar-refractivity contribution in [1.29, 1.82) is 0 Å². The average Bonchev–Trinajstić information content (AvgIpc) is 2.40. The second-order valence-corrected chi connectivity index (χ2v) is 5.13. The van der Waals surface area contributed by atoms with Gasteiger partial charge in [0.05, 0.1) is 12.7 Å². The first kappa shape index (κ1) is 14.8. The maximum Gasteiger partial charge on any atom is 0.404 e. The Morgan fingerprint density at radius 1 is 1.25 bits per heavy atom. The molecule has 1 aliphatic carbocycles. The first-order valence-corrected chi connectivity index (χ1v) is 7.10. The van der Waals surface area contributed by atoms with Gasteiger partial charge in [0, 0.05) is 12.6 Å². The smallest absolute Gasteiger partial charge is 0.404 e. The van der Waals surface area contributed by atoms with Crippen molar-refractivity contribution < 1.29 is 14.6 Å². The van der Waals surface area contributed by atoms with Gasteiger partial charge in [-0.05, 0) is 31.4 Å². The Morgan fingerprint density at radius 2 is 2.00 bits per heavy atom. The zero-order chi connectivity index (χ0) is 14.2. The van der Waals surface area contributed by atoms with Crippen LogP contribution in [0.1, 0.15) is 24.8 Å². The van der Waals surface area contributed by atoms with Gasteiger partial charge >= 0.3 is 6.09 Å². The second kappa shape index (κ2) is 7.87. The number of hydrogen-bond donors (Lipinski definition) is 3. The number of hydrogen-bond acceptors (Lipinski definition) is 3. The third kappa shape index (κ3) is 5.19. The molecule has 110 valence electrons. The summed E-state index contributed by atoms with van der Waals surface area (Å²) in [4.78, 5) is 10.2. The van der Waals surface area contributed by atoms with Crippen LogP contribution in [0.15, 0.2) is 30.3 Å². The van der Waals surface area contributed by atoms with Gasteiger partial charge in [-0.15, -0.1) is 0 Å². The molecule has 1 aromatic rings. The summed E-state index contributed by atoms with van der Waals surface area (Å²) in [6.07, 6.45) is 2.30. The lowest BCUT2D eigenvalue weighted by atomic mass is 9.89. The minimum Gasteiger partial charge on any atom is -0.465 e. The van der Waals surface area contributed by atoms with Crippen molar-refractivity contribution in [1.82, 2.24) is 10.6 Å². The third-order valence-electron chi connectivity index (χ3n) is 3.49. The van der Waals surface area contributed by atoms with E-state index in [1.54, 1.807) is 0 Å². The Kier molecular flexibility index (Phi) is 5.83. The van der Waals surface area contributed by atoms with Gasteiger partial charge in [0.2, 0.25) is 0 Å². The van der Waals surface area contributed by atoms with E-state index in [2.05, 4.69) is 22.8 Å². The molecule has 1 aliphatic rings. The van der Waals surface area contributed by atoms with Gasteiger partial charge in [-0.3, -0.25) is 0 Å². The Labute approximate surface area is 119 Å². The zero-order valence-corrected chi connectivity index (χ0v) is 11.5. The van der Waals surface area contributed by atoms with Gasteiger partial charge in [0.25, 0.3) is 0 Å². The fourth-order valence-electron chi connectivity index (χ4n) is 2.25. The fraction of sp³-hybridized carbons (Fsp3) is 0.533. The lowest BCUT2D eigenvalue weighted by Gasteiger charge is -2.35. The molecule has 1 amide bonds. The van der Waals surface area contributed by atoms with Crippen LogP contribution in [0, 0.1) is 0 Å². The highest BCUT2D eigenvalue weighted by molar-refractivity contribution is 5.64. The van der Waals surface area contributed by atoms with E-state index in [-0.39, 0.29) is 0 Å². The van der Waals surface area contributed by atoms with Crippen LogP contribution < -0.4 is 10.6 Å². The molecule has 0 heterocycles. The lowest BCUT2D eigenvalue weighted by Crippen LogP contribution is -2.46. The van der Waals surface area contributed by atoms with Crippen LogP contribution in [-0.4, -0.2) is 36.4 Å². The summed E-state index contributed by atoms with van der Waals surface area (Å²) in [5.41, 5.74) is 1.21. The van der Waals surface area contributed by atoms with Crippen molar-refractivity contribution in [2.75, 3.05) is 13.1 Å². The summed E-state index contributed by atoms with van der Waals surface area (Å²) in [6.45, 7) is 2.03. The summed E-state index contributed by atoms with van der Waals surface area (Å²) in [5.74, 6) is 0. The van der Waals surface area contributed by atoms with Gasteiger partial charge in [-0.25, -0.2) is 4.79 Å². The molecule has 0 bridgehead atoms. The van der Waals surface area contributed by atoms with E-state index < -0.39 is 6.09 Å². The predicted octanol–water partition coefficient (Wildman–Crippen LogP) is 1.98. The molecule has 2 rings (SSSR count). The van der Waals surface area contributed by atoms with E-state index >= 15 is 0 Å². The molecule has 0 spiro atoms. The van der Waals surface area contributed by atoms with E-state index in [0.717, 1.165) is 25.8 Å². The zero-order valence-electron chi connectivity index (χ0n) is 11.5. The van der Waals surface area contributed by atoms with E-state index in [9.17, 15) is 4.79 Å². The Bertz CT molecular complexity index is 405. The fourth-order valence-corrected chi connectivity index (χ4v) is 2.25. The van der Waals surface area contributed by atoms with Crippen molar-refractivity contribution in [3.63, 3.8) is 0 Å². The van der Waals surface area contributed by atoms with Gasteiger partial charge in [0.15, 0.2) is 0 Å². The molecule has 5 heteroatoms. The van der Waals surface area contributed by atoms with Crippen LogP contribution in [0.25, 0.3) is 0 Å². The van der Waals surface area contributed by atoms with Crippen LogP contribution in [0.2, 0.25) is 0 Å². The van der Waals surface area contributed by atoms with E-state index in [1.807, 2.05) is 18.2 Å². The molecular formula is C15H22N2O3. The third-order valence-corrected chi connectivity index (χ3v) is 3.49. The minimum atomic E-state index is -0.956. The maximum atomic E-state index is 10.2. The van der Waals surface area contributed by atoms with Crippen LogP contribution in [0.4, 0.5) is 4.79 Å². The molecule has 20 heavy (non-hydrogen) atoms. The van der Waals surface area contributed by atoms with E-state index in [0.29, 0.717) is 25.3 Å². The first-order valence-electron chi connectivity index (χ1n) is 7.10. The molecule has 0 radical (unpaired) electrons. The molecule has 0 unspecified atom stereocenters. The van der Waals surface area contributed by atoms with Crippen molar-refractivity contribution in [3.8, 4) is 0 Å². The summed E-state index contributed by atoms with van der Waals surface area (Å²) in [5, 5.41) is 14.2. The molecule has 1 aromatic carbocycles. The van der Waals surface area contributed by atoms with Gasteiger partial charge < -0.3 is 20.5 Å². The Balaban J connectivity index is 1.47. The van der Waals surface area contributed by atoms with Crippen LogP contribution in [0.3, 0.4) is 0 Å². The number of carboxylic acid groups (broad SMARTS) is 1. The molecule has 3 N–H and O–H groups in total. The predicted molar refractivity (Wildman–Crippen MR) is 76.7 cm³/mol. The summed E-state index contributed by atoms with van der Waals surface area (Å²) in [7, 11) is 0. The van der Waals surface area contributed by atoms with Crippen molar-refractivity contribution in [2.45, 2.75) is 38.0 Å². The number of nitrogens with one attached hydrogen (secondary N) is 2. The number of carbonyl (C=O) groups is 1.